The maximum Gasteiger partial charge on any atom is 0.182 e. The van der Waals surface area contributed by atoms with Crippen molar-refractivity contribution in [3.63, 3.8) is 0 Å². The number of aryl methyl sites for hydroxylation is 2. The highest BCUT2D eigenvalue weighted by Crippen LogP contribution is 2.21. The fraction of sp³-hybridized carbons (Fsp3) is 0.250. The number of nitrogens with two attached hydrogens (primary N) is 1. The largest absolute Gasteiger partial charge is 0.326 e. The fourth-order valence-corrected chi connectivity index (χ4v) is 3.89. The summed E-state index contributed by atoms with van der Waals surface area (Å²) in [6, 6.07) is 12.8. The molecule has 0 saturated carbocycles. The molecule has 0 aromatic heterocycles. The maximum absolute atomic E-state index is 12.5. The lowest BCUT2D eigenvalue weighted by atomic mass is 10.1. The van der Waals surface area contributed by atoms with Crippen LogP contribution in [0.4, 0.5) is 0 Å². The second-order valence-corrected chi connectivity index (χ2v) is 7.01. The molecule has 0 atom stereocenters. The first kappa shape index (κ1) is 14.8. The lowest BCUT2D eigenvalue weighted by Gasteiger charge is -2.09. The van der Waals surface area contributed by atoms with Crippen molar-refractivity contribution < 1.29 is 8.42 Å². The van der Waals surface area contributed by atoms with E-state index in [0.717, 1.165) is 22.3 Å². The van der Waals surface area contributed by atoms with E-state index in [0.29, 0.717) is 11.4 Å². The van der Waals surface area contributed by atoms with E-state index in [2.05, 4.69) is 0 Å². The Morgan fingerprint density at radius 2 is 1.70 bits per heavy atom. The quantitative estimate of drug-likeness (QED) is 0.941. The zero-order valence-corrected chi connectivity index (χ0v) is 12.6. The van der Waals surface area contributed by atoms with Crippen LogP contribution in [0.15, 0.2) is 47.4 Å². The summed E-state index contributed by atoms with van der Waals surface area (Å²) in [7, 11) is -3.33. The predicted octanol–water partition coefficient (Wildman–Crippen LogP) is 2.74. The van der Waals surface area contributed by atoms with Crippen LogP contribution in [-0.2, 0) is 22.1 Å². The highest BCUT2D eigenvalue weighted by molar-refractivity contribution is 7.90. The Hall–Kier alpha value is -1.65. The van der Waals surface area contributed by atoms with Gasteiger partial charge in [-0.25, -0.2) is 8.42 Å². The second kappa shape index (κ2) is 5.77. The van der Waals surface area contributed by atoms with Crippen molar-refractivity contribution in [3.8, 4) is 0 Å². The van der Waals surface area contributed by atoms with Crippen molar-refractivity contribution in [2.45, 2.75) is 31.0 Å². The van der Waals surface area contributed by atoms with Crippen LogP contribution in [0.1, 0.15) is 22.3 Å². The van der Waals surface area contributed by atoms with E-state index < -0.39 is 9.84 Å². The van der Waals surface area contributed by atoms with Gasteiger partial charge in [-0.3, -0.25) is 0 Å². The third kappa shape index (κ3) is 3.26. The van der Waals surface area contributed by atoms with Crippen molar-refractivity contribution in [1.29, 1.82) is 0 Å². The van der Waals surface area contributed by atoms with Crippen LogP contribution in [0.25, 0.3) is 0 Å². The molecule has 2 aromatic rings. The van der Waals surface area contributed by atoms with Gasteiger partial charge in [0, 0.05) is 6.54 Å². The standard InChI is InChI=1S/C16H19NO2S/c1-12-6-7-16(13(2)8-12)20(18,19)11-15-5-3-4-14(9-15)10-17/h3-9H,10-11,17H2,1-2H3. The molecule has 4 heteroatoms. The molecule has 0 unspecified atom stereocenters. The van der Waals surface area contributed by atoms with Crippen LogP contribution in [-0.4, -0.2) is 8.42 Å². The molecule has 2 rings (SSSR count). The van der Waals surface area contributed by atoms with Gasteiger partial charge >= 0.3 is 0 Å². The van der Waals surface area contributed by atoms with Crippen LogP contribution in [0, 0.1) is 13.8 Å². The smallest absolute Gasteiger partial charge is 0.182 e. The average Bonchev–Trinajstić information content (AvgIpc) is 2.37. The monoisotopic (exact) mass is 289 g/mol. The molecule has 20 heavy (non-hydrogen) atoms. The van der Waals surface area contributed by atoms with Crippen LogP contribution in [0.5, 0.6) is 0 Å². The molecule has 0 aliphatic carbocycles. The zero-order valence-electron chi connectivity index (χ0n) is 11.8. The third-order valence-electron chi connectivity index (χ3n) is 3.25. The Bertz CT molecular complexity index is 721. The summed E-state index contributed by atoms with van der Waals surface area (Å²) in [5.41, 5.74) is 9.15. The lowest BCUT2D eigenvalue weighted by molar-refractivity contribution is 0.594. The molecule has 2 aromatic carbocycles. The van der Waals surface area contributed by atoms with E-state index in [9.17, 15) is 8.42 Å². The van der Waals surface area contributed by atoms with Gasteiger partial charge in [0.15, 0.2) is 9.84 Å². The summed E-state index contributed by atoms with van der Waals surface area (Å²) < 4.78 is 25.0. The molecular formula is C16H19NO2S. The van der Waals surface area contributed by atoms with Gasteiger partial charge in [-0.2, -0.15) is 0 Å². The van der Waals surface area contributed by atoms with Gasteiger partial charge in [0.2, 0.25) is 0 Å². The summed E-state index contributed by atoms with van der Waals surface area (Å²) in [4.78, 5) is 0.404. The van der Waals surface area contributed by atoms with Gasteiger partial charge in [0.25, 0.3) is 0 Å². The van der Waals surface area contributed by atoms with Gasteiger partial charge in [0.05, 0.1) is 10.6 Å². The van der Waals surface area contributed by atoms with E-state index in [-0.39, 0.29) is 5.75 Å². The molecule has 0 fully saturated rings. The number of hydrogen-bond donors (Lipinski definition) is 1. The minimum atomic E-state index is -3.33. The Morgan fingerprint density at radius 1 is 1.00 bits per heavy atom. The van der Waals surface area contributed by atoms with Gasteiger partial charge in [-0.15, -0.1) is 0 Å². The SMILES string of the molecule is Cc1ccc(S(=O)(=O)Cc2cccc(CN)c2)c(C)c1. The molecule has 0 spiro atoms. The van der Waals surface area contributed by atoms with Crippen molar-refractivity contribution >= 4 is 9.84 Å². The summed E-state index contributed by atoms with van der Waals surface area (Å²) in [6.07, 6.45) is 0. The normalized spacial score (nSPS) is 11.6. The Balaban J connectivity index is 2.35. The molecule has 2 N–H and O–H groups in total. The van der Waals surface area contributed by atoms with Crippen LogP contribution in [0.3, 0.4) is 0 Å². The minimum absolute atomic E-state index is 0.00470. The molecule has 3 nitrogen and oxygen atoms in total. The highest BCUT2D eigenvalue weighted by Gasteiger charge is 2.17. The first-order valence-corrected chi connectivity index (χ1v) is 8.15. The topological polar surface area (TPSA) is 60.2 Å². The molecule has 0 radical (unpaired) electrons. The van der Waals surface area contributed by atoms with Crippen molar-refractivity contribution in [3.05, 3.63) is 64.7 Å². The predicted molar refractivity (Wildman–Crippen MR) is 81.1 cm³/mol. The molecule has 0 heterocycles. The number of benzene rings is 2. The lowest BCUT2D eigenvalue weighted by Crippen LogP contribution is -2.07. The molecule has 0 aliphatic rings. The third-order valence-corrected chi connectivity index (χ3v) is 5.09. The molecule has 0 aliphatic heterocycles. The van der Waals surface area contributed by atoms with Gasteiger partial charge < -0.3 is 5.73 Å². The van der Waals surface area contributed by atoms with Crippen molar-refractivity contribution in [1.82, 2.24) is 0 Å². The van der Waals surface area contributed by atoms with E-state index >= 15 is 0 Å². The van der Waals surface area contributed by atoms with E-state index in [1.54, 1.807) is 6.07 Å². The second-order valence-electron chi connectivity index (χ2n) is 5.05. The molecule has 106 valence electrons. The summed E-state index contributed by atoms with van der Waals surface area (Å²) >= 11 is 0. The van der Waals surface area contributed by atoms with Gasteiger partial charge in [0.1, 0.15) is 0 Å². The Kier molecular flexibility index (Phi) is 4.26. The first-order valence-electron chi connectivity index (χ1n) is 6.50. The minimum Gasteiger partial charge on any atom is -0.326 e. The van der Waals surface area contributed by atoms with E-state index in [1.807, 2.05) is 50.2 Å². The number of rotatable bonds is 4. The number of sulfone groups is 1. The van der Waals surface area contributed by atoms with Crippen LogP contribution >= 0.6 is 0 Å². The van der Waals surface area contributed by atoms with Gasteiger partial charge in [-0.05, 0) is 36.6 Å². The summed E-state index contributed by atoms with van der Waals surface area (Å²) in [5, 5.41) is 0. The first-order chi connectivity index (χ1) is 9.42. The van der Waals surface area contributed by atoms with Crippen LogP contribution < -0.4 is 5.73 Å². The van der Waals surface area contributed by atoms with E-state index in [4.69, 9.17) is 5.73 Å². The average molecular weight is 289 g/mol. The zero-order chi connectivity index (χ0) is 14.8. The number of hydrogen-bond acceptors (Lipinski definition) is 3. The van der Waals surface area contributed by atoms with Crippen molar-refractivity contribution in [2.75, 3.05) is 0 Å². The summed E-state index contributed by atoms with van der Waals surface area (Å²) in [6.45, 7) is 4.20. The Morgan fingerprint density at radius 3 is 2.35 bits per heavy atom. The fourth-order valence-electron chi connectivity index (χ4n) is 2.29. The molecule has 0 amide bonds. The Labute approximate surface area is 120 Å². The van der Waals surface area contributed by atoms with Crippen LogP contribution in [0.2, 0.25) is 0 Å². The highest BCUT2D eigenvalue weighted by atomic mass is 32.2. The maximum atomic E-state index is 12.5. The van der Waals surface area contributed by atoms with Crippen molar-refractivity contribution in [2.24, 2.45) is 5.73 Å². The summed E-state index contributed by atoms with van der Waals surface area (Å²) in [5.74, 6) is 0.00470. The van der Waals surface area contributed by atoms with Gasteiger partial charge in [-0.1, -0.05) is 42.0 Å². The molecule has 0 bridgehead atoms. The van der Waals surface area contributed by atoms with E-state index in [1.165, 1.54) is 0 Å². The molecular weight excluding hydrogens is 270 g/mol. The molecule has 0 saturated heterocycles.